The predicted molar refractivity (Wildman–Crippen MR) is 111 cm³/mol. The number of nitrogens with zero attached hydrogens (tertiary/aromatic N) is 2. The maximum absolute atomic E-state index is 12.6. The number of fused-ring (bicyclic) bond motifs is 1. The van der Waals surface area contributed by atoms with E-state index in [1.54, 1.807) is 0 Å². The van der Waals surface area contributed by atoms with Gasteiger partial charge in [-0.15, -0.1) is 0 Å². The zero-order valence-electron chi connectivity index (χ0n) is 16.7. The maximum Gasteiger partial charge on any atom is 0.317 e. The van der Waals surface area contributed by atoms with E-state index in [-0.39, 0.29) is 12.5 Å². The molecule has 0 aliphatic carbocycles. The van der Waals surface area contributed by atoms with Gasteiger partial charge in [-0.05, 0) is 36.3 Å². The Balaban J connectivity index is 0.000000755. The number of nitrogens with one attached hydrogen (secondary N) is 2. The van der Waals surface area contributed by atoms with E-state index in [1.165, 1.54) is 11.8 Å². The molecule has 3 N–H and O–H groups in total. The quantitative estimate of drug-likeness (QED) is 0.681. The maximum atomic E-state index is 12.6. The standard InChI is InChI=1S/C20H28N4O2.CH2O2/c25-20(21-13-18-12-17-5-1-2-6-19(17)22-18)24-7-3-4-16(15-24)14-23-8-10-26-11-9-23;2-1-3/h1-2,5-6,12,16,22H,3-4,7-11,13-15H2,(H,21,25);1H,(H,2,3). The van der Waals surface area contributed by atoms with E-state index in [0.29, 0.717) is 12.5 Å². The van der Waals surface area contributed by atoms with E-state index in [4.69, 9.17) is 14.6 Å². The minimum atomic E-state index is -0.250. The number of hydrogen-bond acceptors (Lipinski definition) is 4. The molecule has 0 bridgehead atoms. The molecule has 0 radical (unpaired) electrons. The summed E-state index contributed by atoms with van der Waals surface area (Å²) in [6, 6.07) is 10.3. The zero-order chi connectivity index (χ0) is 20.5. The number of likely N-dealkylation sites (tertiary alicyclic amines) is 1. The molecule has 1 aromatic carbocycles. The molecule has 2 fully saturated rings. The van der Waals surface area contributed by atoms with E-state index in [9.17, 15) is 4.79 Å². The minimum absolute atomic E-state index is 0.0512. The van der Waals surface area contributed by atoms with Crippen molar-refractivity contribution in [1.29, 1.82) is 0 Å². The van der Waals surface area contributed by atoms with Crippen LogP contribution >= 0.6 is 0 Å². The summed E-state index contributed by atoms with van der Waals surface area (Å²) in [5.41, 5.74) is 2.15. The molecule has 2 aromatic rings. The van der Waals surface area contributed by atoms with E-state index in [2.05, 4.69) is 33.4 Å². The second-order valence-electron chi connectivity index (χ2n) is 7.51. The number of carbonyl (C=O) groups excluding carboxylic acids is 1. The van der Waals surface area contributed by atoms with Crippen molar-refractivity contribution in [2.24, 2.45) is 5.92 Å². The lowest BCUT2D eigenvalue weighted by atomic mass is 9.97. The summed E-state index contributed by atoms with van der Waals surface area (Å²) >= 11 is 0. The molecular formula is C21H30N4O4. The zero-order valence-corrected chi connectivity index (χ0v) is 16.7. The summed E-state index contributed by atoms with van der Waals surface area (Å²) < 4.78 is 5.42. The van der Waals surface area contributed by atoms with Crippen LogP contribution in [0, 0.1) is 5.92 Å². The van der Waals surface area contributed by atoms with Crippen molar-refractivity contribution in [1.82, 2.24) is 20.1 Å². The van der Waals surface area contributed by atoms with Crippen LogP contribution in [0.15, 0.2) is 30.3 Å². The van der Waals surface area contributed by atoms with Crippen LogP contribution in [0.4, 0.5) is 4.79 Å². The fraction of sp³-hybridized carbons (Fsp3) is 0.524. The average Bonchev–Trinajstić information content (AvgIpc) is 3.17. The van der Waals surface area contributed by atoms with Crippen LogP contribution in [0.2, 0.25) is 0 Å². The van der Waals surface area contributed by atoms with Crippen molar-refractivity contribution >= 4 is 23.4 Å². The molecule has 29 heavy (non-hydrogen) atoms. The number of carbonyl (C=O) groups is 2. The molecule has 3 heterocycles. The molecule has 2 amide bonds. The Labute approximate surface area is 170 Å². The third kappa shape index (κ3) is 6.20. The molecule has 2 aliphatic heterocycles. The van der Waals surface area contributed by atoms with Crippen molar-refractivity contribution in [3.63, 3.8) is 0 Å². The van der Waals surface area contributed by atoms with Gasteiger partial charge in [0, 0.05) is 43.9 Å². The number of amides is 2. The van der Waals surface area contributed by atoms with Gasteiger partial charge in [-0.3, -0.25) is 9.69 Å². The topological polar surface area (TPSA) is 97.9 Å². The van der Waals surface area contributed by atoms with Crippen LogP contribution in [0.1, 0.15) is 18.5 Å². The number of benzene rings is 1. The summed E-state index contributed by atoms with van der Waals surface area (Å²) in [5.74, 6) is 0.570. The number of ether oxygens (including phenoxy) is 1. The Kier molecular flexibility index (Phi) is 7.89. The number of aromatic amines is 1. The van der Waals surface area contributed by atoms with E-state index in [0.717, 1.165) is 63.6 Å². The van der Waals surface area contributed by atoms with E-state index >= 15 is 0 Å². The van der Waals surface area contributed by atoms with Gasteiger partial charge in [-0.2, -0.15) is 0 Å². The van der Waals surface area contributed by atoms with Crippen LogP contribution in [0.25, 0.3) is 10.9 Å². The molecule has 2 aliphatic rings. The van der Waals surface area contributed by atoms with Gasteiger partial charge in [0.15, 0.2) is 0 Å². The summed E-state index contributed by atoms with van der Waals surface area (Å²) in [5, 5.41) is 11.1. The first-order valence-electron chi connectivity index (χ1n) is 10.2. The smallest absolute Gasteiger partial charge is 0.317 e. The Morgan fingerprint density at radius 3 is 2.79 bits per heavy atom. The SMILES string of the molecule is O=C(NCc1cc2ccccc2[nH]1)N1CCCC(CN2CCOCC2)C1.O=CO. The molecule has 0 spiro atoms. The van der Waals surface area contributed by atoms with Crippen LogP contribution in [-0.2, 0) is 16.1 Å². The van der Waals surface area contributed by atoms with Gasteiger partial charge < -0.3 is 25.0 Å². The summed E-state index contributed by atoms with van der Waals surface area (Å²) in [6.45, 7) is 6.79. The van der Waals surface area contributed by atoms with Gasteiger partial charge >= 0.3 is 6.03 Å². The summed E-state index contributed by atoms with van der Waals surface area (Å²) in [4.78, 5) is 28.8. The number of aromatic nitrogens is 1. The fourth-order valence-corrected chi connectivity index (χ4v) is 4.06. The molecule has 0 saturated carbocycles. The number of carboxylic acid groups (broad SMARTS) is 1. The summed E-state index contributed by atoms with van der Waals surface area (Å²) in [7, 11) is 0. The third-order valence-corrected chi connectivity index (χ3v) is 5.44. The Hall–Kier alpha value is -2.58. The van der Waals surface area contributed by atoms with Gasteiger partial charge in [0.2, 0.25) is 0 Å². The van der Waals surface area contributed by atoms with Crippen molar-refractivity contribution in [3.8, 4) is 0 Å². The van der Waals surface area contributed by atoms with E-state index in [1.807, 2.05) is 17.0 Å². The molecule has 8 nitrogen and oxygen atoms in total. The lowest BCUT2D eigenvalue weighted by molar-refractivity contribution is -0.122. The molecule has 8 heteroatoms. The monoisotopic (exact) mass is 402 g/mol. The van der Waals surface area contributed by atoms with Crippen LogP contribution in [0.3, 0.4) is 0 Å². The number of rotatable bonds is 4. The molecule has 4 rings (SSSR count). The van der Waals surface area contributed by atoms with Crippen molar-refractivity contribution in [3.05, 3.63) is 36.0 Å². The first-order valence-corrected chi connectivity index (χ1v) is 10.2. The molecule has 2 saturated heterocycles. The van der Waals surface area contributed by atoms with Gasteiger partial charge in [0.25, 0.3) is 6.47 Å². The van der Waals surface area contributed by atoms with Gasteiger partial charge in [-0.25, -0.2) is 4.79 Å². The highest BCUT2D eigenvalue weighted by atomic mass is 16.5. The minimum Gasteiger partial charge on any atom is -0.483 e. The highest BCUT2D eigenvalue weighted by molar-refractivity contribution is 5.80. The van der Waals surface area contributed by atoms with Crippen LogP contribution in [-0.4, -0.2) is 78.3 Å². The normalized spacial score (nSPS) is 20.0. The van der Waals surface area contributed by atoms with Crippen molar-refractivity contribution in [2.45, 2.75) is 19.4 Å². The first-order chi connectivity index (χ1) is 14.2. The predicted octanol–water partition coefficient (Wildman–Crippen LogP) is 2.12. The highest BCUT2D eigenvalue weighted by Crippen LogP contribution is 2.19. The molecule has 1 atom stereocenters. The highest BCUT2D eigenvalue weighted by Gasteiger charge is 2.25. The molecule has 1 unspecified atom stereocenters. The Bertz CT molecular complexity index is 755. The molecule has 1 aromatic heterocycles. The van der Waals surface area contributed by atoms with E-state index < -0.39 is 0 Å². The Morgan fingerprint density at radius 1 is 1.28 bits per heavy atom. The van der Waals surface area contributed by atoms with Crippen molar-refractivity contribution in [2.75, 3.05) is 45.9 Å². The molecule has 158 valence electrons. The average molecular weight is 402 g/mol. The van der Waals surface area contributed by atoms with Crippen molar-refractivity contribution < 1.29 is 19.4 Å². The number of morpholine rings is 1. The number of hydrogen-bond donors (Lipinski definition) is 3. The van der Waals surface area contributed by atoms with Gasteiger partial charge in [-0.1, -0.05) is 18.2 Å². The number of urea groups is 1. The van der Waals surface area contributed by atoms with Gasteiger partial charge in [0.1, 0.15) is 0 Å². The number of piperidine rings is 1. The van der Waals surface area contributed by atoms with Gasteiger partial charge in [0.05, 0.1) is 19.8 Å². The third-order valence-electron chi connectivity index (χ3n) is 5.44. The first kappa shape index (κ1) is 21.1. The largest absolute Gasteiger partial charge is 0.483 e. The lowest BCUT2D eigenvalue weighted by Crippen LogP contribution is -2.48. The van der Waals surface area contributed by atoms with Crippen LogP contribution < -0.4 is 5.32 Å². The van der Waals surface area contributed by atoms with Crippen LogP contribution in [0.5, 0.6) is 0 Å². The molecular weight excluding hydrogens is 372 g/mol. The second-order valence-corrected chi connectivity index (χ2v) is 7.51. The fourth-order valence-electron chi connectivity index (χ4n) is 4.06. The summed E-state index contributed by atoms with van der Waals surface area (Å²) in [6.07, 6.45) is 2.30. The Morgan fingerprint density at radius 2 is 2.03 bits per heavy atom. The second kappa shape index (κ2) is 10.8. The number of H-pyrrole nitrogens is 1. The lowest BCUT2D eigenvalue weighted by Gasteiger charge is -2.36. The number of para-hydroxylation sites is 1.